The molecule has 0 bridgehead atoms. The van der Waals surface area contributed by atoms with E-state index in [1.807, 2.05) is 6.20 Å². The predicted octanol–water partition coefficient (Wildman–Crippen LogP) is 3.01. The fraction of sp³-hybridized carbons (Fsp3) is 0.476. The maximum Gasteiger partial charge on any atom is 0.318 e. The molecule has 3 rings (SSSR count). The fourth-order valence-electron chi connectivity index (χ4n) is 3.37. The zero-order chi connectivity index (χ0) is 20.1. The van der Waals surface area contributed by atoms with Gasteiger partial charge in [0, 0.05) is 25.8 Å². The SMILES string of the molecule is CC(C)Cc1ncc2c(n1)CN(C(=O)N[C@H](CCO)c1ccc(F)cc1)CC2. The van der Waals surface area contributed by atoms with Crippen LogP contribution in [0.3, 0.4) is 0 Å². The number of nitrogens with one attached hydrogen (secondary N) is 1. The van der Waals surface area contributed by atoms with E-state index in [2.05, 4.69) is 29.1 Å². The van der Waals surface area contributed by atoms with Crippen LogP contribution in [0.15, 0.2) is 30.5 Å². The number of nitrogens with zero attached hydrogens (tertiary/aromatic N) is 3. The van der Waals surface area contributed by atoms with Crippen molar-refractivity contribution in [3.8, 4) is 0 Å². The number of amides is 2. The summed E-state index contributed by atoms with van der Waals surface area (Å²) in [5.74, 6) is 0.943. The molecule has 2 aromatic rings. The van der Waals surface area contributed by atoms with Crippen LogP contribution in [0, 0.1) is 11.7 Å². The van der Waals surface area contributed by atoms with Crippen LogP contribution in [0.2, 0.25) is 0 Å². The number of aromatic nitrogens is 2. The summed E-state index contributed by atoms with van der Waals surface area (Å²) >= 11 is 0. The molecule has 6 nitrogen and oxygen atoms in total. The van der Waals surface area contributed by atoms with Crippen LogP contribution in [0.1, 0.15) is 49.0 Å². The largest absolute Gasteiger partial charge is 0.396 e. The van der Waals surface area contributed by atoms with E-state index in [4.69, 9.17) is 0 Å². The van der Waals surface area contributed by atoms with Crippen molar-refractivity contribution in [3.05, 3.63) is 58.9 Å². The van der Waals surface area contributed by atoms with Gasteiger partial charge in [-0.25, -0.2) is 19.2 Å². The average Bonchev–Trinajstić information content (AvgIpc) is 2.67. The van der Waals surface area contributed by atoms with Crippen LogP contribution in [-0.2, 0) is 19.4 Å². The first-order valence-electron chi connectivity index (χ1n) is 9.71. The van der Waals surface area contributed by atoms with Gasteiger partial charge in [-0.05, 0) is 42.0 Å². The lowest BCUT2D eigenvalue weighted by atomic mass is 10.0. The first-order valence-corrected chi connectivity index (χ1v) is 9.71. The zero-order valence-electron chi connectivity index (χ0n) is 16.4. The van der Waals surface area contributed by atoms with E-state index in [-0.39, 0.29) is 24.5 Å². The monoisotopic (exact) mass is 386 g/mol. The number of fused-ring (bicyclic) bond motifs is 1. The Bertz CT molecular complexity index is 811. The van der Waals surface area contributed by atoms with Crippen LogP contribution >= 0.6 is 0 Å². The average molecular weight is 386 g/mol. The van der Waals surface area contributed by atoms with Gasteiger partial charge in [-0.3, -0.25) is 0 Å². The highest BCUT2D eigenvalue weighted by molar-refractivity contribution is 5.75. The van der Waals surface area contributed by atoms with Crippen LogP contribution in [0.25, 0.3) is 0 Å². The molecule has 1 aromatic carbocycles. The zero-order valence-corrected chi connectivity index (χ0v) is 16.4. The lowest BCUT2D eigenvalue weighted by Gasteiger charge is -2.30. The van der Waals surface area contributed by atoms with Crippen molar-refractivity contribution in [2.45, 2.75) is 45.7 Å². The molecule has 0 fully saturated rings. The Kier molecular flexibility index (Phi) is 6.57. The second-order valence-electron chi connectivity index (χ2n) is 7.59. The third kappa shape index (κ3) is 5.04. The lowest BCUT2D eigenvalue weighted by molar-refractivity contribution is 0.183. The fourth-order valence-corrected chi connectivity index (χ4v) is 3.37. The van der Waals surface area contributed by atoms with Gasteiger partial charge in [0.25, 0.3) is 0 Å². The van der Waals surface area contributed by atoms with Gasteiger partial charge in [0.2, 0.25) is 0 Å². The van der Waals surface area contributed by atoms with Crippen LogP contribution < -0.4 is 5.32 Å². The second-order valence-corrected chi connectivity index (χ2v) is 7.59. The summed E-state index contributed by atoms with van der Waals surface area (Å²) < 4.78 is 13.2. The molecule has 7 heteroatoms. The molecule has 1 aliphatic heterocycles. The Morgan fingerprint density at radius 2 is 2.07 bits per heavy atom. The number of hydrogen-bond acceptors (Lipinski definition) is 4. The molecule has 2 amide bonds. The second kappa shape index (κ2) is 9.10. The minimum atomic E-state index is -0.374. The van der Waals surface area contributed by atoms with Gasteiger partial charge in [0.1, 0.15) is 11.6 Å². The van der Waals surface area contributed by atoms with E-state index in [0.29, 0.717) is 31.8 Å². The van der Waals surface area contributed by atoms with Crippen molar-refractivity contribution in [1.82, 2.24) is 20.2 Å². The molecular formula is C21H27FN4O2. The van der Waals surface area contributed by atoms with Crippen LogP contribution in [0.5, 0.6) is 0 Å². The van der Waals surface area contributed by atoms with E-state index in [1.54, 1.807) is 17.0 Å². The van der Waals surface area contributed by atoms with Gasteiger partial charge in [0.15, 0.2) is 0 Å². The lowest BCUT2D eigenvalue weighted by Crippen LogP contribution is -2.44. The van der Waals surface area contributed by atoms with Gasteiger partial charge >= 0.3 is 6.03 Å². The summed E-state index contributed by atoms with van der Waals surface area (Å²) in [6, 6.07) is 5.39. The highest BCUT2D eigenvalue weighted by Gasteiger charge is 2.24. The number of rotatable bonds is 6. The Labute approximate surface area is 164 Å². The van der Waals surface area contributed by atoms with Crippen LogP contribution in [0.4, 0.5) is 9.18 Å². The Morgan fingerprint density at radius 3 is 2.75 bits per heavy atom. The van der Waals surface area contributed by atoms with E-state index in [0.717, 1.165) is 29.1 Å². The summed E-state index contributed by atoms with van der Waals surface area (Å²) in [4.78, 5) is 23.6. The van der Waals surface area contributed by atoms with Crippen molar-refractivity contribution in [1.29, 1.82) is 0 Å². The molecule has 1 aliphatic rings. The number of benzene rings is 1. The number of urea groups is 1. The minimum Gasteiger partial charge on any atom is -0.396 e. The number of carbonyl (C=O) groups is 1. The number of halogens is 1. The molecule has 0 radical (unpaired) electrons. The van der Waals surface area contributed by atoms with Gasteiger partial charge in [0.05, 0.1) is 18.3 Å². The minimum absolute atomic E-state index is 0.0725. The van der Waals surface area contributed by atoms with Crippen molar-refractivity contribution >= 4 is 6.03 Å². The van der Waals surface area contributed by atoms with Crippen molar-refractivity contribution in [2.24, 2.45) is 5.92 Å². The van der Waals surface area contributed by atoms with Crippen molar-refractivity contribution in [2.75, 3.05) is 13.2 Å². The molecule has 0 saturated carbocycles. The van der Waals surface area contributed by atoms with E-state index in [9.17, 15) is 14.3 Å². The molecule has 28 heavy (non-hydrogen) atoms. The third-order valence-corrected chi connectivity index (χ3v) is 4.86. The van der Waals surface area contributed by atoms with Gasteiger partial charge in [-0.2, -0.15) is 0 Å². The molecule has 0 spiro atoms. The summed E-state index contributed by atoms with van der Waals surface area (Å²) in [6.07, 6.45) is 3.76. The molecule has 0 unspecified atom stereocenters. The number of hydrogen-bond donors (Lipinski definition) is 2. The number of aliphatic hydroxyl groups is 1. The maximum atomic E-state index is 13.2. The van der Waals surface area contributed by atoms with E-state index < -0.39 is 0 Å². The Hall–Kier alpha value is -2.54. The molecule has 0 saturated heterocycles. The highest BCUT2D eigenvalue weighted by Crippen LogP contribution is 2.21. The normalized spacial score (nSPS) is 14.7. The van der Waals surface area contributed by atoms with Crippen LogP contribution in [-0.4, -0.2) is 39.2 Å². The standard InChI is InChI=1S/C21H27FN4O2/c1-14(2)11-20-23-12-16-7-9-26(13-19(16)24-20)21(28)25-18(8-10-27)15-3-5-17(22)6-4-15/h3-6,12,14,18,27H,7-11,13H2,1-2H3,(H,25,28)/t18-/m1/s1. The summed E-state index contributed by atoms with van der Waals surface area (Å²) in [5.41, 5.74) is 2.75. The molecule has 1 aromatic heterocycles. The van der Waals surface area contributed by atoms with E-state index in [1.165, 1.54) is 12.1 Å². The molecule has 1 atom stereocenters. The number of aliphatic hydroxyl groups excluding tert-OH is 1. The molecule has 150 valence electrons. The van der Waals surface area contributed by atoms with Gasteiger partial charge in [-0.15, -0.1) is 0 Å². The van der Waals surface area contributed by atoms with Crippen molar-refractivity contribution < 1.29 is 14.3 Å². The van der Waals surface area contributed by atoms with E-state index >= 15 is 0 Å². The first-order chi connectivity index (χ1) is 13.5. The Balaban J connectivity index is 1.69. The molecular weight excluding hydrogens is 359 g/mol. The van der Waals surface area contributed by atoms with Gasteiger partial charge < -0.3 is 15.3 Å². The molecule has 2 N–H and O–H groups in total. The Morgan fingerprint density at radius 1 is 1.32 bits per heavy atom. The topological polar surface area (TPSA) is 78.4 Å². The maximum absolute atomic E-state index is 13.2. The van der Waals surface area contributed by atoms with Crippen molar-refractivity contribution in [3.63, 3.8) is 0 Å². The molecule has 0 aliphatic carbocycles. The third-order valence-electron chi connectivity index (χ3n) is 4.86. The molecule has 2 heterocycles. The number of carbonyl (C=O) groups excluding carboxylic acids is 1. The summed E-state index contributed by atoms with van der Waals surface area (Å²) in [5, 5.41) is 12.3. The first kappa shape index (κ1) is 20.2. The smallest absolute Gasteiger partial charge is 0.318 e. The quantitative estimate of drug-likeness (QED) is 0.800. The summed E-state index contributed by atoms with van der Waals surface area (Å²) in [6.45, 7) is 5.20. The summed E-state index contributed by atoms with van der Waals surface area (Å²) in [7, 11) is 0. The van der Waals surface area contributed by atoms with Gasteiger partial charge in [-0.1, -0.05) is 26.0 Å². The predicted molar refractivity (Wildman–Crippen MR) is 104 cm³/mol. The highest BCUT2D eigenvalue weighted by atomic mass is 19.1.